The monoisotopic (exact) mass is 289 g/mol. The van der Waals surface area contributed by atoms with E-state index in [0.717, 1.165) is 50.0 Å². The molecule has 1 saturated heterocycles. The van der Waals surface area contributed by atoms with Crippen molar-refractivity contribution < 1.29 is 9.53 Å². The summed E-state index contributed by atoms with van der Waals surface area (Å²) in [5, 5.41) is 3.40. The van der Waals surface area contributed by atoms with Crippen LogP contribution in [-0.2, 0) is 12.8 Å². The van der Waals surface area contributed by atoms with Crippen molar-refractivity contribution in [2.75, 3.05) is 19.7 Å². The van der Waals surface area contributed by atoms with E-state index in [1.54, 1.807) is 0 Å². The predicted molar refractivity (Wildman–Crippen MR) is 80.5 cm³/mol. The van der Waals surface area contributed by atoms with Gasteiger partial charge in [-0.3, -0.25) is 4.79 Å². The normalized spacial score (nSPS) is 21.0. The zero-order valence-corrected chi connectivity index (χ0v) is 12.4. The van der Waals surface area contributed by atoms with Gasteiger partial charge in [-0.25, -0.2) is 4.98 Å². The zero-order chi connectivity index (χ0) is 14.7. The van der Waals surface area contributed by atoms with Gasteiger partial charge in [-0.15, -0.1) is 0 Å². The molecule has 5 nitrogen and oxygen atoms in total. The lowest BCUT2D eigenvalue weighted by molar-refractivity contribution is 0.0995. The Bertz CT molecular complexity index is 524. The minimum Gasteiger partial charge on any atom is -0.477 e. The molecule has 0 aromatic carbocycles. The average molecular weight is 289 g/mol. The molecule has 1 atom stereocenters. The van der Waals surface area contributed by atoms with Gasteiger partial charge in [0.05, 0.1) is 6.61 Å². The van der Waals surface area contributed by atoms with Crippen molar-refractivity contribution in [2.24, 2.45) is 11.7 Å². The van der Waals surface area contributed by atoms with Crippen molar-refractivity contribution >= 4 is 5.91 Å². The number of fused-ring (bicyclic) bond motifs is 1. The number of nitrogens with two attached hydrogens (primary N) is 1. The molecule has 0 radical (unpaired) electrons. The van der Waals surface area contributed by atoms with Gasteiger partial charge in [0.1, 0.15) is 5.56 Å². The summed E-state index contributed by atoms with van der Waals surface area (Å²) in [5.41, 5.74) is 8.09. The maximum absolute atomic E-state index is 11.6. The van der Waals surface area contributed by atoms with Gasteiger partial charge < -0.3 is 15.8 Å². The highest BCUT2D eigenvalue weighted by Gasteiger charge is 2.20. The highest BCUT2D eigenvalue weighted by Crippen LogP contribution is 2.26. The molecule has 21 heavy (non-hydrogen) atoms. The number of piperidine rings is 1. The highest BCUT2D eigenvalue weighted by molar-refractivity contribution is 5.95. The minimum absolute atomic E-state index is 0.423. The number of hydrogen-bond acceptors (Lipinski definition) is 4. The molecule has 0 saturated carbocycles. The van der Waals surface area contributed by atoms with Crippen molar-refractivity contribution in [2.45, 2.75) is 38.5 Å². The molecule has 1 aromatic heterocycles. The molecule has 1 aliphatic carbocycles. The van der Waals surface area contributed by atoms with Gasteiger partial charge in [0.2, 0.25) is 5.88 Å². The van der Waals surface area contributed by atoms with E-state index in [9.17, 15) is 4.79 Å². The van der Waals surface area contributed by atoms with E-state index in [-0.39, 0.29) is 0 Å². The fraction of sp³-hybridized carbons (Fsp3) is 0.625. The van der Waals surface area contributed by atoms with Crippen LogP contribution in [0.25, 0.3) is 0 Å². The molecule has 1 amide bonds. The first-order valence-corrected chi connectivity index (χ1v) is 7.90. The summed E-state index contributed by atoms with van der Waals surface area (Å²) in [5.74, 6) is 0.628. The molecule has 3 N–H and O–H groups in total. The molecule has 1 unspecified atom stereocenters. The van der Waals surface area contributed by atoms with Crippen LogP contribution in [0.4, 0.5) is 0 Å². The summed E-state index contributed by atoms with van der Waals surface area (Å²) in [6, 6.07) is 1.87. The highest BCUT2D eigenvalue weighted by atomic mass is 16.5. The smallest absolute Gasteiger partial charge is 0.254 e. The van der Waals surface area contributed by atoms with Crippen LogP contribution in [-0.4, -0.2) is 30.6 Å². The molecule has 3 rings (SSSR count). The number of aromatic nitrogens is 1. The molecule has 2 aliphatic rings. The standard InChI is InChI=1S/C16H23N3O2/c17-15(20)13-9-12-4-1-5-14(12)19-16(13)21-8-6-11-3-2-7-18-10-11/h9,11,18H,1-8,10H2,(H2,17,20). The molecule has 1 fully saturated rings. The summed E-state index contributed by atoms with van der Waals surface area (Å²) in [6.45, 7) is 2.78. The summed E-state index contributed by atoms with van der Waals surface area (Å²) >= 11 is 0. The molecule has 2 heterocycles. The van der Waals surface area contributed by atoms with Gasteiger partial charge in [-0.05, 0) is 69.2 Å². The number of hydrogen-bond donors (Lipinski definition) is 2. The van der Waals surface area contributed by atoms with Crippen LogP contribution in [0.2, 0.25) is 0 Å². The first kappa shape index (κ1) is 14.3. The van der Waals surface area contributed by atoms with E-state index in [1.165, 1.54) is 12.8 Å². The maximum Gasteiger partial charge on any atom is 0.254 e. The van der Waals surface area contributed by atoms with E-state index >= 15 is 0 Å². The number of carbonyl (C=O) groups is 1. The van der Waals surface area contributed by atoms with E-state index in [0.29, 0.717) is 24.0 Å². The van der Waals surface area contributed by atoms with E-state index in [2.05, 4.69) is 10.3 Å². The van der Waals surface area contributed by atoms with Gasteiger partial charge in [-0.1, -0.05) is 0 Å². The van der Waals surface area contributed by atoms with Crippen molar-refractivity contribution in [1.82, 2.24) is 10.3 Å². The van der Waals surface area contributed by atoms with Crippen molar-refractivity contribution in [3.63, 3.8) is 0 Å². The summed E-state index contributed by atoms with van der Waals surface area (Å²) in [7, 11) is 0. The van der Waals surface area contributed by atoms with Gasteiger partial charge in [0, 0.05) is 5.69 Å². The Labute approximate surface area is 125 Å². The quantitative estimate of drug-likeness (QED) is 0.860. The number of ether oxygens (including phenoxy) is 1. The lowest BCUT2D eigenvalue weighted by atomic mass is 9.97. The van der Waals surface area contributed by atoms with Crippen LogP contribution in [0.3, 0.4) is 0 Å². The third-order valence-electron chi connectivity index (χ3n) is 4.45. The van der Waals surface area contributed by atoms with Crippen LogP contribution in [0, 0.1) is 5.92 Å². The molecule has 1 aromatic rings. The predicted octanol–water partition coefficient (Wildman–Crippen LogP) is 1.44. The largest absolute Gasteiger partial charge is 0.477 e. The topological polar surface area (TPSA) is 77.2 Å². The Hall–Kier alpha value is -1.62. The van der Waals surface area contributed by atoms with Gasteiger partial charge in [-0.2, -0.15) is 0 Å². The third-order valence-corrected chi connectivity index (χ3v) is 4.45. The van der Waals surface area contributed by atoms with Crippen LogP contribution in [0.15, 0.2) is 6.07 Å². The maximum atomic E-state index is 11.6. The Morgan fingerprint density at radius 3 is 3.10 bits per heavy atom. The molecule has 0 bridgehead atoms. The first-order chi connectivity index (χ1) is 10.2. The number of nitrogens with zero attached hydrogens (tertiary/aromatic N) is 1. The van der Waals surface area contributed by atoms with Crippen molar-refractivity contribution in [1.29, 1.82) is 0 Å². The number of pyridine rings is 1. The lowest BCUT2D eigenvalue weighted by Crippen LogP contribution is -2.30. The Balaban J connectivity index is 1.65. The first-order valence-electron chi connectivity index (χ1n) is 7.90. The summed E-state index contributed by atoms with van der Waals surface area (Å²) < 4.78 is 5.79. The van der Waals surface area contributed by atoms with Crippen molar-refractivity contribution in [3.05, 3.63) is 22.9 Å². The Kier molecular flexibility index (Phi) is 4.39. The Morgan fingerprint density at radius 1 is 1.43 bits per heavy atom. The second kappa shape index (κ2) is 6.43. The molecule has 1 aliphatic heterocycles. The zero-order valence-electron chi connectivity index (χ0n) is 12.4. The average Bonchev–Trinajstić information content (AvgIpc) is 2.94. The Morgan fingerprint density at radius 2 is 2.33 bits per heavy atom. The number of aryl methyl sites for hydroxylation is 2. The number of primary amides is 1. The van der Waals surface area contributed by atoms with Crippen LogP contribution >= 0.6 is 0 Å². The number of rotatable bonds is 5. The van der Waals surface area contributed by atoms with E-state index in [4.69, 9.17) is 10.5 Å². The van der Waals surface area contributed by atoms with E-state index < -0.39 is 5.91 Å². The third kappa shape index (κ3) is 3.35. The fourth-order valence-electron chi connectivity index (χ4n) is 3.23. The van der Waals surface area contributed by atoms with Crippen LogP contribution in [0.1, 0.15) is 47.3 Å². The van der Waals surface area contributed by atoms with Gasteiger partial charge in [0.25, 0.3) is 5.91 Å². The summed E-state index contributed by atoms with van der Waals surface area (Å²) in [6.07, 6.45) is 6.51. The van der Waals surface area contributed by atoms with Crippen LogP contribution in [0.5, 0.6) is 5.88 Å². The fourth-order valence-corrected chi connectivity index (χ4v) is 3.23. The SMILES string of the molecule is NC(=O)c1cc2c(nc1OCCC1CCCNC1)CCC2. The van der Waals surface area contributed by atoms with Crippen molar-refractivity contribution in [3.8, 4) is 5.88 Å². The second-order valence-electron chi connectivity index (χ2n) is 6.01. The molecule has 114 valence electrons. The lowest BCUT2D eigenvalue weighted by Gasteiger charge is -2.22. The molecule has 0 spiro atoms. The molecule has 5 heteroatoms. The summed E-state index contributed by atoms with van der Waals surface area (Å²) in [4.78, 5) is 16.1. The second-order valence-corrected chi connectivity index (χ2v) is 6.01. The molecular formula is C16H23N3O2. The minimum atomic E-state index is -0.452. The van der Waals surface area contributed by atoms with Gasteiger partial charge in [0.15, 0.2) is 0 Å². The number of carbonyl (C=O) groups excluding carboxylic acids is 1. The van der Waals surface area contributed by atoms with Crippen LogP contribution < -0.4 is 15.8 Å². The molecular weight excluding hydrogens is 266 g/mol. The van der Waals surface area contributed by atoms with Gasteiger partial charge >= 0.3 is 0 Å². The van der Waals surface area contributed by atoms with E-state index in [1.807, 2.05) is 6.07 Å². The number of nitrogens with one attached hydrogen (secondary N) is 1. The number of amides is 1.